The SMILES string of the molecule is CCOc1c(Br)cc(/C=C(\C#N)C(=O)Nc2cccc(C(F)(F)F)c2)cc1Br. The zero-order valence-electron chi connectivity index (χ0n) is 14.4. The molecule has 2 aromatic carbocycles. The van der Waals surface area contributed by atoms with Crippen molar-refractivity contribution in [1.82, 2.24) is 0 Å². The zero-order chi connectivity index (χ0) is 20.9. The minimum absolute atomic E-state index is 0.0602. The van der Waals surface area contributed by atoms with Crippen molar-refractivity contribution in [3.8, 4) is 11.8 Å². The van der Waals surface area contributed by atoms with E-state index < -0.39 is 17.6 Å². The first-order chi connectivity index (χ1) is 13.2. The van der Waals surface area contributed by atoms with Crippen molar-refractivity contribution in [1.29, 1.82) is 5.26 Å². The molecule has 0 aliphatic rings. The van der Waals surface area contributed by atoms with E-state index in [-0.39, 0.29) is 11.3 Å². The van der Waals surface area contributed by atoms with E-state index in [1.54, 1.807) is 18.2 Å². The molecule has 1 N–H and O–H groups in total. The van der Waals surface area contributed by atoms with Crippen LogP contribution in [0.2, 0.25) is 0 Å². The van der Waals surface area contributed by atoms with E-state index in [2.05, 4.69) is 37.2 Å². The van der Waals surface area contributed by atoms with Crippen molar-refractivity contribution >= 4 is 49.5 Å². The van der Waals surface area contributed by atoms with Gasteiger partial charge in [-0.25, -0.2) is 0 Å². The highest BCUT2D eigenvalue weighted by Crippen LogP contribution is 2.35. The second-order valence-corrected chi connectivity index (χ2v) is 7.16. The third-order valence-corrected chi connectivity index (χ3v) is 4.61. The lowest BCUT2D eigenvalue weighted by Crippen LogP contribution is -2.14. The van der Waals surface area contributed by atoms with Gasteiger partial charge in [0.05, 0.1) is 21.1 Å². The summed E-state index contributed by atoms with van der Waals surface area (Å²) in [5.41, 5.74) is -0.694. The van der Waals surface area contributed by atoms with Crippen molar-refractivity contribution < 1.29 is 22.7 Å². The number of carbonyl (C=O) groups is 1. The minimum atomic E-state index is -4.53. The highest BCUT2D eigenvalue weighted by atomic mass is 79.9. The molecule has 0 heterocycles. The van der Waals surface area contributed by atoms with Gasteiger partial charge in [-0.05, 0) is 80.8 Å². The van der Waals surface area contributed by atoms with Crippen LogP contribution in [0.5, 0.6) is 5.75 Å². The van der Waals surface area contributed by atoms with Crippen LogP contribution in [0.1, 0.15) is 18.1 Å². The number of benzene rings is 2. The Morgan fingerprint density at radius 3 is 2.43 bits per heavy atom. The molecular weight excluding hydrogens is 505 g/mol. The standard InChI is InChI=1S/C19H13Br2F3N2O2/c1-2-28-17-15(20)7-11(8-16(17)21)6-12(10-25)18(27)26-14-5-3-4-13(9-14)19(22,23)24/h3-9H,2H2,1H3,(H,26,27)/b12-6+. The highest BCUT2D eigenvalue weighted by molar-refractivity contribution is 9.11. The van der Waals surface area contributed by atoms with Gasteiger partial charge >= 0.3 is 6.18 Å². The van der Waals surface area contributed by atoms with E-state index in [0.29, 0.717) is 26.9 Å². The number of halogens is 5. The molecule has 0 bridgehead atoms. The number of amides is 1. The highest BCUT2D eigenvalue weighted by Gasteiger charge is 2.30. The van der Waals surface area contributed by atoms with Gasteiger partial charge in [0, 0.05) is 5.69 Å². The summed E-state index contributed by atoms with van der Waals surface area (Å²) >= 11 is 6.71. The van der Waals surface area contributed by atoms with Gasteiger partial charge in [-0.15, -0.1) is 0 Å². The van der Waals surface area contributed by atoms with Crippen LogP contribution < -0.4 is 10.1 Å². The first-order valence-electron chi connectivity index (χ1n) is 7.88. The topological polar surface area (TPSA) is 62.1 Å². The van der Waals surface area contributed by atoms with Gasteiger partial charge in [0.15, 0.2) is 0 Å². The summed E-state index contributed by atoms with van der Waals surface area (Å²) in [5, 5.41) is 11.6. The van der Waals surface area contributed by atoms with Gasteiger partial charge in [0.1, 0.15) is 17.4 Å². The molecule has 9 heteroatoms. The van der Waals surface area contributed by atoms with Crippen LogP contribution in [0.3, 0.4) is 0 Å². The molecule has 0 aliphatic carbocycles. The molecule has 0 aromatic heterocycles. The summed E-state index contributed by atoms with van der Waals surface area (Å²) in [4.78, 5) is 12.3. The Hall–Kier alpha value is -2.31. The van der Waals surface area contributed by atoms with E-state index in [9.17, 15) is 23.2 Å². The number of nitrogens with one attached hydrogen (secondary N) is 1. The van der Waals surface area contributed by atoms with Crippen LogP contribution in [-0.4, -0.2) is 12.5 Å². The number of carbonyl (C=O) groups excluding carboxylic acids is 1. The Kier molecular flexibility index (Phi) is 7.27. The number of nitriles is 1. The largest absolute Gasteiger partial charge is 0.492 e. The molecule has 4 nitrogen and oxygen atoms in total. The molecule has 146 valence electrons. The van der Waals surface area contributed by atoms with Crippen molar-refractivity contribution in [2.24, 2.45) is 0 Å². The summed E-state index contributed by atoms with van der Waals surface area (Å²) in [5.74, 6) is -0.241. The van der Waals surface area contributed by atoms with Crippen LogP contribution >= 0.6 is 31.9 Å². The van der Waals surface area contributed by atoms with E-state index in [1.165, 1.54) is 18.2 Å². The second kappa shape index (κ2) is 9.26. The molecule has 1 amide bonds. The summed E-state index contributed by atoms with van der Waals surface area (Å²) < 4.78 is 45.1. The van der Waals surface area contributed by atoms with Crippen LogP contribution in [0.25, 0.3) is 6.08 Å². The molecule has 2 aromatic rings. The molecule has 0 saturated carbocycles. The third-order valence-electron chi connectivity index (χ3n) is 3.43. The van der Waals surface area contributed by atoms with Gasteiger partial charge in [0.25, 0.3) is 5.91 Å². The molecule has 28 heavy (non-hydrogen) atoms. The Morgan fingerprint density at radius 2 is 1.89 bits per heavy atom. The zero-order valence-corrected chi connectivity index (χ0v) is 17.6. The maximum atomic E-state index is 12.8. The molecule has 0 saturated heterocycles. The first kappa shape index (κ1) is 22.0. The summed E-state index contributed by atoms with van der Waals surface area (Å²) in [6.07, 6.45) is -3.20. The number of rotatable bonds is 5. The van der Waals surface area contributed by atoms with E-state index in [1.807, 2.05) is 6.92 Å². The van der Waals surface area contributed by atoms with E-state index >= 15 is 0 Å². The summed E-state index contributed by atoms with van der Waals surface area (Å²) in [6, 6.07) is 9.26. The van der Waals surface area contributed by atoms with Crippen molar-refractivity contribution in [3.05, 3.63) is 62.0 Å². The molecule has 0 unspecified atom stereocenters. The van der Waals surface area contributed by atoms with Gasteiger partial charge < -0.3 is 10.1 Å². The van der Waals surface area contributed by atoms with Crippen molar-refractivity contribution in [2.45, 2.75) is 13.1 Å². The molecular formula is C19H13Br2F3N2O2. The van der Waals surface area contributed by atoms with Crippen LogP contribution in [-0.2, 0) is 11.0 Å². The monoisotopic (exact) mass is 516 g/mol. The predicted molar refractivity (Wildman–Crippen MR) is 107 cm³/mol. The first-order valence-corrected chi connectivity index (χ1v) is 9.46. The Balaban J connectivity index is 2.28. The van der Waals surface area contributed by atoms with Gasteiger partial charge in [-0.3, -0.25) is 4.79 Å². The van der Waals surface area contributed by atoms with Gasteiger partial charge in [0.2, 0.25) is 0 Å². The fraction of sp³-hybridized carbons (Fsp3) is 0.158. The minimum Gasteiger partial charge on any atom is -0.492 e. The third kappa shape index (κ3) is 5.59. The Morgan fingerprint density at radius 1 is 1.25 bits per heavy atom. The lowest BCUT2D eigenvalue weighted by atomic mass is 10.1. The number of alkyl halides is 3. The fourth-order valence-corrected chi connectivity index (χ4v) is 3.68. The number of hydrogen-bond donors (Lipinski definition) is 1. The molecule has 0 atom stereocenters. The maximum Gasteiger partial charge on any atom is 0.416 e. The predicted octanol–water partition coefficient (Wildman–Crippen LogP) is 6.17. The van der Waals surface area contributed by atoms with Crippen LogP contribution in [0.4, 0.5) is 18.9 Å². The van der Waals surface area contributed by atoms with Gasteiger partial charge in [-0.2, -0.15) is 18.4 Å². The van der Waals surface area contributed by atoms with Crippen molar-refractivity contribution in [2.75, 3.05) is 11.9 Å². The normalized spacial score (nSPS) is 11.7. The smallest absolute Gasteiger partial charge is 0.416 e. The second-order valence-electron chi connectivity index (χ2n) is 5.45. The number of ether oxygens (including phenoxy) is 1. The van der Waals surface area contributed by atoms with Crippen molar-refractivity contribution in [3.63, 3.8) is 0 Å². The average Bonchev–Trinajstić information content (AvgIpc) is 2.62. The molecule has 2 rings (SSSR count). The van der Waals surface area contributed by atoms with Gasteiger partial charge in [-0.1, -0.05) is 6.07 Å². The number of hydrogen-bond acceptors (Lipinski definition) is 3. The fourth-order valence-electron chi connectivity index (χ4n) is 2.23. The summed E-state index contributed by atoms with van der Waals surface area (Å²) in [6.45, 7) is 2.29. The number of anilines is 1. The van der Waals surface area contributed by atoms with E-state index in [4.69, 9.17) is 4.74 Å². The summed E-state index contributed by atoms with van der Waals surface area (Å²) in [7, 11) is 0. The quantitative estimate of drug-likeness (QED) is 0.381. The molecule has 0 radical (unpaired) electrons. The van der Waals surface area contributed by atoms with Crippen LogP contribution in [0.15, 0.2) is 50.9 Å². The van der Waals surface area contributed by atoms with Crippen LogP contribution in [0, 0.1) is 11.3 Å². The molecule has 0 aliphatic heterocycles. The Bertz CT molecular complexity index is 943. The van der Waals surface area contributed by atoms with E-state index in [0.717, 1.165) is 12.1 Å². The lowest BCUT2D eigenvalue weighted by molar-refractivity contribution is -0.137. The maximum absolute atomic E-state index is 12.8. The molecule has 0 spiro atoms. The molecule has 0 fully saturated rings. The average molecular weight is 518 g/mol. The number of nitrogens with zero attached hydrogens (tertiary/aromatic N) is 1. The Labute approximate surface area is 176 Å². The lowest BCUT2D eigenvalue weighted by Gasteiger charge is -2.10.